The third-order valence-electron chi connectivity index (χ3n) is 5.62. The fourth-order valence-electron chi connectivity index (χ4n) is 3.94. The Hall–Kier alpha value is -0.360. The number of likely N-dealkylation sites (tertiary alicyclic amines) is 1. The van der Waals surface area contributed by atoms with Gasteiger partial charge in [-0.2, -0.15) is 0 Å². The molecule has 0 aliphatic carbocycles. The summed E-state index contributed by atoms with van der Waals surface area (Å²) in [6, 6.07) is 0. The van der Waals surface area contributed by atoms with Crippen LogP contribution in [-0.2, 0) is 14.3 Å². The van der Waals surface area contributed by atoms with Gasteiger partial charge in [0.25, 0.3) is 5.91 Å². The van der Waals surface area contributed by atoms with Gasteiger partial charge in [-0.15, -0.1) is 12.4 Å². The number of amides is 1. The molecule has 5 nitrogen and oxygen atoms in total. The van der Waals surface area contributed by atoms with Crippen molar-refractivity contribution in [3.63, 3.8) is 0 Å². The normalized spacial score (nSPS) is 28.4. The number of piperidine rings is 1. The first-order valence-corrected chi connectivity index (χ1v) is 8.91. The van der Waals surface area contributed by atoms with Gasteiger partial charge in [0, 0.05) is 26.2 Å². The summed E-state index contributed by atoms with van der Waals surface area (Å²) in [5, 5.41) is 3.46. The van der Waals surface area contributed by atoms with Crippen molar-refractivity contribution in [1.29, 1.82) is 0 Å². The number of nitrogens with one attached hydrogen (secondary N) is 1. The molecule has 6 heteroatoms. The average molecular weight is 347 g/mol. The van der Waals surface area contributed by atoms with Gasteiger partial charge in [0.15, 0.2) is 0 Å². The molecule has 1 amide bonds. The maximum atomic E-state index is 12.5. The van der Waals surface area contributed by atoms with E-state index >= 15 is 0 Å². The van der Waals surface area contributed by atoms with Crippen LogP contribution in [0.25, 0.3) is 0 Å². The van der Waals surface area contributed by atoms with Gasteiger partial charge in [0.2, 0.25) is 0 Å². The van der Waals surface area contributed by atoms with Crippen molar-refractivity contribution in [2.45, 2.75) is 57.7 Å². The highest BCUT2D eigenvalue weighted by Gasteiger charge is 2.38. The molecule has 0 aromatic carbocycles. The van der Waals surface area contributed by atoms with Crippen molar-refractivity contribution in [3.8, 4) is 0 Å². The van der Waals surface area contributed by atoms with Gasteiger partial charge in [-0.05, 0) is 57.4 Å². The molecular weight excluding hydrogens is 316 g/mol. The van der Waals surface area contributed by atoms with Gasteiger partial charge >= 0.3 is 0 Å². The van der Waals surface area contributed by atoms with Crippen LogP contribution < -0.4 is 5.32 Å². The molecule has 0 aromatic heterocycles. The van der Waals surface area contributed by atoms with E-state index in [1.165, 1.54) is 12.8 Å². The van der Waals surface area contributed by atoms with E-state index in [0.717, 1.165) is 58.5 Å². The molecule has 3 rings (SSSR count). The number of carbonyl (C=O) groups is 1. The SMILES string of the molecule is CC(OCC1CCCCO1)C(=O)N1CCC2(CCNC2)CC1.Cl. The van der Waals surface area contributed by atoms with E-state index in [4.69, 9.17) is 9.47 Å². The Balaban J connectivity index is 0.00000192. The summed E-state index contributed by atoms with van der Waals surface area (Å²) in [6.45, 7) is 7.29. The lowest BCUT2D eigenvalue weighted by atomic mass is 9.78. The number of rotatable bonds is 4. The molecule has 1 spiro atoms. The third-order valence-corrected chi connectivity index (χ3v) is 5.62. The molecule has 3 saturated heterocycles. The second-order valence-corrected chi connectivity index (χ2v) is 7.22. The van der Waals surface area contributed by atoms with Crippen LogP contribution in [0.2, 0.25) is 0 Å². The highest BCUT2D eigenvalue weighted by atomic mass is 35.5. The van der Waals surface area contributed by atoms with Gasteiger partial charge in [-0.3, -0.25) is 4.79 Å². The molecule has 134 valence electrons. The zero-order chi connectivity index (χ0) is 15.4. The van der Waals surface area contributed by atoms with Crippen molar-refractivity contribution in [2.24, 2.45) is 5.41 Å². The Morgan fingerprint density at radius 3 is 2.74 bits per heavy atom. The molecule has 2 atom stereocenters. The number of halogens is 1. The van der Waals surface area contributed by atoms with Crippen molar-refractivity contribution in [2.75, 3.05) is 39.4 Å². The summed E-state index contributed by atoms with van der Waals surface area (Å²) < 4.78 is 11.4. The molecule has 0 bridgehead atoms. The van der Waals surface area contributed by atoms with Crippen LogP contribution in [-0.4, -0.2) is 62.4 Å². The number of ether oxygens (including phenoxy) is 2. The van der Waals surface area contributed by atoms with E-state index in [9.17, 15) is 4.79 Å². The van der Waals surface area contributed by atoms with E-state index in [1.54, 1.807) is 0 Å². The maximum Gasteiger partial charge on any atom is 0.251 e. The molecule has 0 radical (unpaired) electrons. The van der Waals surface area contributed by atoms with Crippen LogP contribution in [0.15, 0.2) is 0 Å². The number of hydrogen-bond donors (Lipinski definition) is 1. The summed E-state index contributed by atoms with van der Waals surface area (Å²) in [4.78, 5) is 14.5. The molecular formula is C17H31ClN2O3. The highest BCUT2D eigenvalue weighted by Crippen LogP contribution is 2.37. The quantitative estimate of drug-likeness (QED) is 0.845. The van der Waals surface area contributed by atoms with Gasteiger partial charge in [-0.25, -0.2) is 0 Å². The van der Waals surface area contributed by atoms with Crippen molar-refractivity contribution >= 4 is 18.3 Å². The summed E-state index contributed by atoms with van der Waals surface area (Å²) in [5.74, 6) is 0.150. The van der Waals surface area contributed by atoms with E-state index in [0.29, 0.717) is 12.0 Å². The topological polar surface area (TPSA) is 50.8 Å². The smallest absolute Gasteiger partial charge is 0.251 e. The lowest BCUT2D eigenvalue weighted by Gasteiger charge is -2.39. The minimum atomic E-state index is -0.346. The van der Waals surface area contributed by atoms with Gasteiger partial charge in [0.05, 0.1) is 12.7 Å². The lowest BCUT2D eigenvalue weighted by molar-refractivity contribution is -0.148. The fourth-order valence-corrected chi connectivity index (χ4v) is 3.94. The number of hydrogen-bond acceptors (Lipinski definition) is 4. The predicted molar refractivity (Wildman–Crippen MR) is 92.0 cm³/mol. The third kappa shape index (κ3) is 4.81. The van der Waals surface area contributed by atoms with Crippen LogP contribution in [0.3, 0.4) is 0 Å². The Labute approximate surface area is 145 Å². The second kappa shape index (κ2) is 8.65. The van der Waals surface area contributed by atoms with Crippen molar-refractivity contribution in [1.82, 2.24) is 10.2 Å². The minimum Gasteiger partial charge on any atom is -0.376 e. The second-order valence-electron chi connectivity index (χ2n) is 7.22. The van der Waals surface area contributed by atoms with E-state index in [-0.39, 0.29) is 30.5 Å². The average Bonchev–Trinajstić information content (AvgIpc) is 3.02. The molecule has 23 heavy (non-hydrogen) atoms. The van der Waals surface area contributed by atoms with Gasteiger partial charge in [-0.1, -0.05) is 0 Å². The first kappa shape index (κ1) is 19.0. The first-order chi connectivity index (χ1) is 10.7. The van der Waals surface area contributed by atoms with Gasteiger partial charge in [0.1, 0.15) is 6.10 Å². The molecule has 3 aliphatic heterocycles. The first-order valence-electron chi connectivity index (χ1n) is 8.91. The Morgan fingerprint density at radius 1 is 1.35 bits per heavy atom. The van der Waals surface area contributed by atoms with Crippen LogP contribution in [0, 0.1) is 5.41 Å². The number of carbonyl (C=O) groups excluding carboxylic acids is 1. The van der Waals surface area contributed by atoms with E-state index in [2.05, 4.69) is 5.32 Å². The van der Waals surface area contributed by atoms with Crippen LogP contribution in [0.1, 0.15) is 45.4 Å². The molecule has 1 N–H and O–H groups in total. The van der Waals surface area contributed by atoms with Crippen LogP contribution >= 0.6 is 12.4 Å². The minimum absolute atomic E-state index is 0. The van der Waals surface area contributed by atoms with Crippen LogP contribution in [0.4, 0.5) is 0 Å². The predicted octanol–water partition coefficient (Wildman–Crippen LogP) is 1.98. The fraction of sp³-hybridized carbons (Fsp3) is 0.941. The maximum absolute atomic E-state index is 12.5. The standard InChI is InChI=1S/C17H30N2O3.ClH/c1-14(22-12-15-4-2-3-11-21-15)16(20)19-9-6-17(7-10-19)5-8-18-13-17;/h14-15,18H,2-13H2,1H3;1H. The lowest BCUT2D eigenvalue weighted by Crippen LogP contribution is -2.47. The summed E-state index contributed by atoms with van der Waals surface area (Å²) >= 11 is 0. The monoisotopic (exact) mass is 346 g/mol. The number of nitrogens with zero attached hydrogens (tertiary/aromatic N) is 1. The zero-order valence-electron chi connectivity index (χ0n) is 14.2. The Morgan fingerprint density at radius 2 is 2.13 bits per heavy atom. The molecule has 3 aliphatic rings. The van der Waals surface area contributed by atoms with Gasteiger partial charge < -0.3 is 19.7 Å². The summed E-state index contributed by atoms with van der Waals surface area (Å²) in [7, 11) is 0. The van der Waals surface area contributed by atoms with Crippen LogP contribution in [0.5, 0.6) is 0 Å². The molecule has 0 saturated carbocycles. The van der Waals surface area contributed by atoms with E-state index in [1.807, 2.05) is 11.8 Å². The van der Waals surface area contributed by atoms with Crippen molar-refractivity contribution < 1.29 is 14.3 Å². The zero-order valence-corrected chi connectivity index (χ0v) is 15.0. The molecule has 3 fully saturated rings. The highest BCUT2D eigenvalue weighted by molar-refractivity contribution is 5.85. The van der Waals surface area contributed by atoms with Crippen molar-refractivity contribution in [3.05, 3.63) is 0 Å². The Kier molecular flexibility index (Phi) is 7.14. The summed E-state index contributed by atoms with van der Waals surface area (Å²) in [5.41, 5.74) is 0.455. The molecule has 2 unspecified atom stereocenters. The molecule has 3 heterocycles. The molecule has 0 aromatic rings. The largest absolute Gasteiger partial charge is 0.376 e. The van der Waals surface area contributed by atoms with E-state index < -0.39 is 0 Å². The Bertz CT molecular complexity index is 372. The summed E-state index contributed by atoms with van der Waals surface area (Å²) in [6.07, 6.45) is 6.77.